The van der Waals surface area contributed by atoms with Crippen LogP contribution in [0.3, 0.4) is 0 Å². The molecule has 3 rings (SSSR count). The molecule has 0 aliphatic rings. The maximum absolute atomic E-state index is 9.42. The first-order chi connectivity index (χ1) is 12.3. The molecule has 3 aromatic rings. The van der Waals surface area contributed by atoms with Crippen LogP contribution in [0.2, 0.25) is 0 Å². The summed E-state index contributed by atoms with van der Waals surface area (Å²) >= 11 is 0. The van der Waals surface area contributed by atoms with Crippen LogP contribution in [0.25, 0.3) is 23.3 Å². The van der Waals surface area contributed by atoms with Gasteiger partial charge in [0.25, 0.3) is 0 Å². The van der Waals surface area contributed by atoms with Crippen molar-refractivity contribution in [3.63, 3.8) is 0 Å². The third-order valence-corrected chi connectivity index (χ3v) is 3.60. The second kappa shape index (κ2) is 7.64. The SMILES string of the molecule is N#CC(=Cc1ccccc1)c1ccc(C(C#N)=Cc2ccccc2)o1. The molecule has 0 saturated heterocycles. The zero-order chi connectivity index (χ0) is 17.5. The van der Waals surface area contributed by atoms with Crippen LogP contribution in [0, 0.1) is 22.7 Å². The Balaban J connectivity index is 1.94. The first-order valence-corrected chi connectivity index (χ1v) is 7.74. The third-order valence-electron chi connectivity index (χ3n) is 3.60. The van der Waals surface area contributed by atoms with Crippen LogP contribution < -0.4 is 0 Å². The van der Waals surface area contributed by atoms with Gasteiger partial charge in [-0.15, -0.1) is 0 Å². The minimum absolute atomic E-state index is 0.412. The molecule has 0 N–H and O–H groups in total. The highest BCUT2D eigenvalue weighted by atomic mass is 16.3. The minimum Gasteiger partial charge on any atom is -0.455 e. The van der Waals surface area contributed by atoms with Gasteiger partial charge in [-0.3, -0.25) is 0 Å². The van der Waals surface area contributed by atoms with E-state index >= 15 is 0 Å². The smallest absolute Gasteiger partial charge is 0.145 e. The fraction of sp³-hybridized carbons (Fsp3) is 0. The highest BCUT2D eigenvalue weighted by Gasteiger charge is 2.11. The summed E-state index contributed by atoms with van der Waals surface area (Å²) in [5.74, 6) is 0.881. The number of rotatable bonds is 4. The summed E-state index contributed by atoms with van der Waals surface area (Å²) in [4.78, 5) is 0. The second-order valence-corrected chi connectivity index (χ2v) is 5.32. The summed E-state index contributed by atoms with van der Waals surface area (Å²) in [7, 11) is 0. The van der Waals surface area contributed by atoms with Gasteiger partial charge in [-0.25, -0.2) is 0 Å². The molecule has 0 aliphatic carbocycles. The van der Waals surface area contributed by atoms with Gasteiger partial charge in [0.1, 0.15) is 23.7 Å². The molecule has 3 heteroatoms. The molecule has 0 bridgehead atoms. The number of allylic oxidation sites excluding steroid dienone is 2. The Morgan fingerprint density at radius 2 is 1.04 bits per heavy atom. The molecule has 0 aliphatic heterocycles. The first-order valence-electron chi connectivity index (χ1n) is 7.74. The number of hydrogen-bond acceptors (Lipinski definition) is 3. The Kier molecular flexibility index (Phi) is 4.90. The molecule has 0 amide bonds. The van der Waals surface area contributed by atoms with E-state index in [0.717, 1.165) is 11.1 Å². The van der Waals surface area contributed by atoms with Gasteiger partial charge in [-0.05, 0) is 35.4 Å². The van der Waals surface area contributed by atoms with E-state index in [1.54, 1.807) is 24.3 Å². The fourth-order valence-electron chi connectivity index (χ4n) is 2.38. The van der Waals surface area contributed by atoms with Gasteiger partial charge < -0.3 is 4.42 Å². The van der Waals surface area contributed by atoms with Crippen molar-refractivity contribution in [1.82, 2.24) is 0 Å². The molecular formula is C22H14N2O. The maximum Gasteiger partial charge on any atom is 0.145 e. The van der Waals surface area contributed by atoms with E-state index in [4.69, 9.17) is 4.42 Å². The monoisotopic (exact) mass is 322 g/mol. The molecule has 0 saturated carbocycles. The maximum atomic E-state index is 9.42. The van der Waals surface area contributed by atoms with Crippen LogP contribution in [0.5, 0.6) is 0 Å². The lowest BCUT2D eigenvalue weighted by atomic mass is 10.1. The lowest BCUT2D eigenvalue weighted by molar-refractivity contribution is 0.543. The molecule has 0 unspecified atom stereocenters. The molecule has 1 heterocycles. The summed E-state index contributed by atoms with van der Waals surface area (Å²) in [6, 6.07) is 26.9. The Bertz CT molecular complexity index is 915. The number of nitrogens with zero attached hydrogens (tertiary/aromatic N) is 2. The largest absolute Gasteiger partial charge is 0.455 e. The van der Waals surface area contributed by atoms with Crippen molar-refractivity contribution in [3.05, 3.63) is 95.4 Å². The number of hydrogen-bond donors (Lipinski definition) is 0. The Morgan fingerprint density at radius 1 is 0.640 bits per heavy atom. The summed E-state index contributed by atoms with van der Waals surface area (Å²) in [6.45, 7) is 0. The van der Waals surface area contributed by atoms with E-state index in [1.807, 2.05) is 60.7 Å². The lowest BCUT2D eigenvalue weighted by Crippen LogP contribution is -1.80. The zero-order valence-electron chi connectivity index (χ0n) is 13.4. The van der Waals surface area contributed by atoms with Gasteiger partial charge in [0.2, 0.25) is 0 Å². The Morgan fingerprint density at radius 3 is 1.40 bits per heavy atom. The Labute approximate surface area is 146 Å². The highest BCUT2D eigenvalue weighted by Crippen LogP contribution is 2.25. The molecule has 3 nitrogen and oxygen atoms in total. The molecule has 25 heavy (non-hydrogen) atoms. The van der Waals surface area contributed by atoms with Crippen LogP contribution in [-0.4, -0.2) is 0 Å². The average molecular weight is 322 g/mol. The van der Waals surface area contributed by atoms with Gasteiger partial charge in [0, 0.05) is 0 Å². The van der Waals surface area contributed by atoms with Crippen molar-refractivity contribution in [2.45, 2.75) is 0 Å². The standard InChI is InChI=1S/C22H14N2O/c23-15-19(13-17-7-3-1-4-8-17)21-11-12-22(25-21)20(16-24)14-18-9-5-2-6-10-18/h1-14H. The molecule has 1 aromatic heterocycles. The number of furan rings is 1. The second-order valence-electron chi connectivity index (χ2n) is 5.32. The summed E-state index contributed by atoms with van der Waals surface area (Å²) < 4.78 is 5.75. The van der Waals surface area contributed by atoms with Crippen molar-refractivity contribution in [3.8, 4) is 12.1 Å². The van der Waals surface area contributed by atoms with E-state index in [9.17, 15) is 10.5 Å². The average Bonchev–Trinajstić information content (AvgIpc) is 3.15. The molecule has 0 spiro atoms. The summed E-state index contributed by atoms with van der Waals surface area (Å²) in [5, 5.41) is 18.8. The van der Waals surface area contributed by atoms with Crippen molar-refractivity contribution < 1.29 is 4.42 Å². The molecule has 0 radical (unpaired) electrons. The van der Waals surface area contributed by atoms with Gasteiger partial charge in [-0.2, -0.15) is 10.5 Å². The fourth-order valence-corrected chi connectivity index (χ4v) is 2.38. The van der Waals surface area contributed by atoms with E-state index in [1.165, 1.54) is 0 Å². The van der Waals surface area contributed by atoms with E-state index in [2.05, 4.69) is 12.1 Å². The van der Waals surface area contributed by atoms with Crippen LogP contribution in [-0.2, 0) is 0 Å². The molecule has 118 valence electrons. The van der Waals surface area contributed by atoms with Gasteiger partial charge in [0.05, 0.1) is 11.1 Å². The van der Waals surface area contributed by atoms with Crippen molar-refractivity contribution >= 4 is 23.3 Å². The quantitative estimate of drug-likeness (QED) is 0.603. The molecular weight excluding hydrogens is 308 g/mol. The predicted octanol–water partition coefficient (Wildman–Crippen LogP) is 5.41. The highest BCUT2D eigenvalue weighted by molar-refractivity contribution is 5.90. The Hall–Kier alpha value is -3.82. The number of benzene rings is 2. The number of nitriles is 2. The van der Waals surface area contributed by atoms with Crippen molar-refractivity contribution in [1.29, 1.82) is 10.5 Å². The van der Waals surface area contributed by atoms with Gasteiger partial charge in [0.15, 0.2) is 0 Å². The van der Waals surface area contributed by atoms with Crippen LogP contribution in [0.4, 0.5) is 0 Å². The van der Waals surface area contributed by atoms with E-state index in [-0.39, 0.29) is 0 Å². The van der Waals surface area contributed by atoms with Crippen molar-refractivity contribution in [2.75, 3.05) is 0 Å². The molecule has 0 fully saturated rings. The van der Waals surface area contributed by atoms with Gasteiger partial charge >= 0.3 is 0 Å². The summed E-state index contributed by atoms with van der Waals surface area (Å²) in [5.41, 5.74) is 2.65. The third kappa shape index (κ3) is 3.93. The van der Waals surface area contributed by atoms with Crippen LogP contribution in [0.1, 0.15) is 22.6 Å². The van der Waals surface area contributed by atoms with Crippen LogP contribution >= 0.6 is 0 Å². The van der Waals surface area contributed by atoms with Gasteiger partial charge in [-0.1, -0.05) is 60.7 Å². The lowest BCUT2D eigenvalue weighted by Gasteiger charge is -1.97. The summed E-state index contributed by atoms with van der Waals surface area (Å²) in [6.07, 6.45) is 3.52. The predicted molar refractivity (Wildman–Crippen MR) is 98.6 cm³/mol. The molecule has 0 atom stereocenters. The normalized spacial score (nSPS) is 11.6. The van der Waals surface area contributed by atoms with Crippen LogP contribution in [0.15, 0.2) is 77.2 Å². The molecule has 2 aromatic carbocycles. The van der Waals surface area contributed by atoms with E-state index in [0.29, 0.717) is 22.7 Å². The first kappa shape index (κ1) is 16.1. The topological polar surface area (TPSA) is 60.7 Å². The zero-order valence-corrected chi connectivity index (χ0v) is 13.4. The minimum atomic E-state index is 0.412. The van der Waals surface area contributed by atoms with Crippen molar-refractivity contribution in [2.24, 2.45) is 0 Å². The van der Waals surface area contributed by atoms with E-state index < -0.39 is 0 Å².